The van der Waals surface area contributed by atoms with Crippen LogP contribution in [0.15, 0.2) is 84.7 Å². The Hall–Kier alpha value is -3.93. The van der Waals surface area contributed by atoms with Gasteiger partial charge in [-0.2, -0.15) is 0 Å². The van der Waals surface area contributed by atoms with Gasteiger partial charge in [0.2, 0.25) is 0 Å². The van der Waals surface area contributed by atoms with Crippen molar-refractivity contribution >= 4 is 17.4 Å². The molecule has 1 fully saturated rings. The van der Waals surface area contributed by atoms with Gasteiger partial charge in [-0.25, -0.2) is 0 Å². The molecule has 6 heteroatoms. The molecular formula is C25H22N2O4. The molecule has 6 nitrogen and oxygen atoms in total. The fourth-order valence-corrected chi connectivity index (χ4v) is 3.77. The third kappa shape index (κ3) is 4.05. The second kappa shape index (κ2) is 8.83. The van der Waals surface area contributed by atoms with Crippen molar-refractivity contribution in [2.75, 3.05) is 6.61 Å². The third-order valence-corrected chi connectivity index (χ3v) is 5.18. The number of aliphatic hydroxyl groups excluding tert-OH is 1. The Bertz CT molecular complexity index is 1130. The zero-order chi connectivity index (χ0) is 21.8. The highest BCUT2D eigenvalue weighted by molar-refractivity contribution is 6.46. The molecule has 0 saturated carbocycles. The molecule has 1 atom stereocenters. The van der Waals surface area contributed by atoms with Gasteiger partial charge in [0.1, 0.15) is 11.5 Å². The summed E-state index contributed by atoms with van der Waals surface area (Å²) in [6, 6.07) is 19.1. The Morgan fingerprint density at radius 1 is 1.03 bits per heavy atom. The molecule has 2 heterocycles. The van der Waals surface area contributed by atoms with E-state index in [1.807, 2.05) is 37.3 Å². The Balaban J connectivity index is 1.83. The number of hydrogen-bond donors (Lipinski definition) is 1. The van der Waals surface area contributed by atoms with Gasteiger partial charge in [0.05, 0.1) is 18.2 Å². The van der Waals surface area contributed by atoms with E-state index in [0.29, 0.717) is 23.5 Å². The number of carbonyl (C=O) groups excluding carboxylic acids is 2. The molecule has 1 aliphatic heterocycles. The lowest BCUT2D eigenvalue weighted by Gasteiger charge is -2.25. The van der Waals surface area contributed by atoms with Crippen LogP contribution in [0.25, 0.3) is 5.76 Å². The van der Waals surface area contributed by atoms with E-state index in [4.69, 9.17) is 4.74 Å². The van der Waals surface area contributed by atoms with E-state index in [2.05, 4.69) is 4.98 Å². The normalized spacial score (nSPS) is 17.7. The fraction of sp³-hybridized carbons (Fsp3) is 0.160. The Morgan fingerprint density at radius 3 is 2.48 bits per heavy atom. The first-order chi connectivity index (χ1) is 15.1. The van der Waals surface area contributed by atoms with Gasteiger partial charge < -0.3 is 14.7 Å². The second-order valence-electron chi connectivity index (χ2n) is 7.15. The van der Waals surface area contributed by atoms with Crippen LogP contribution >= 0.6 is 0 Å². The van der Waals surface area contributed by atoms with Gasteiger partial charge in [-0.1, -0.05) is 42.5 Å². The summed E-state index contributed by atoms with van der Waals surface area (Å²) in [5.41, 5.74) is 2.07. The number of hydrogen-bond acceptors (Lipinski definition) is 5. The molecule has 31 heavy (non-hydrogen) atoms. The van der Waals surface area contributed by atoms with E-state index in [1.54, 1.807) is 48.8 Å². The van der Waals surface area contributed by atoms with Crippen molar-refractivity contribution in [2.45, 2.75) is 19.5 Å². The van der Waals surface area contributed by atoms with Crippen molar-refractivity contribution in [3.8, 4) is 5.75 Å². The molecule has 1 amide bonds. The number of ether oxygens (including phenoxy) is 1. The standard InChI is InChI=1S/C25H22N2O4/c1-2-31-20-10-6-9-19(15-20)23(28)21-22(18-11-13-26-14-12-18)27(25(30)24(21)29)16-17-7-4-3-5-8-17/h3-15,22,28H,2,16H2,1H3. The first kappa shape index (κ1) is 20.3. The summed E-state index contributed by atoms with van der Waals surface area (Å²) in [6.07, 6.45) is 3.21. The molecule has 1 aliphatic rings. The van der Waals surface area contributed by atoms with Crippen molar-refractivity contribution in [2.24, 2.45) is 0 Å². The average Bonchev–Trinajstić information content (AvgIpc) is 3.05. The van der Waals surface area contributed by atoms with Gasteiger partial charge >= 0.3 is 0 Å². The largest absolute Gasteiger partial charge is 0.507 e. The summed E-state index contributed by atoms with van der Waals surface area (Å²) >= 11 is 0. The summed E-state index contributed by atoms with van der Waals surface area (Å²) in [5, 5.41) is 11.1. The molecule has 2 aromatic carbocycles. The van der Waals surface area contributed by atoms with E-state index in [1.165, 1.54) is 4.90 Å². The summed E-state index contributed by atoms with van der Waals surface area (Å²) in [5.74, 6) is -1.01. The van der Waals surface area contributed by atoms with Crippen molar-refractivity contribution in [1.29, 1.82) is 0 Å². The number of pyridine rings is 1. The minimum Gasteiger partial charge on any atom is -0.507 e. The predicted molar refractivity (Wildman–Crippen MR) is 116 cm³/mol. The lowest BCUT2D eigenvalue weighted by molar-refractivity contribution is -0.140. The highest BCUT2D eigenvalue weighted by Crippen LogP contribution is 2.40. The lowest BCUT2D eigenvalue weighted by Crippen LogP contribution is -2.29. The van der Waals surface area contributed by atoms with Crippen molar-refractivity contribution < 1.29 is 19.4 Å². The molecule has 1 saturated heterocycles. The molecule has 1 unspecified atom stereocenters. The molecule has 4 rings (SSSR count). The molecule has 3 aromatic rings. The molecule has 0 aliphatic carbocycles. The van der Waals surface area contributed by atoms with Gasteiger partial charge in [-0.3, -0.25) is 14.6 Å². The zero-order valence-electron chi connectivity index (χ0n) is 17.1. The van der Waals surface area contributed by atoms with E-state index < -0.39 is 17.7 Å². The number of aliphatic hydroxyl groups is 1. The first-order valence-electron chi connectivity index (χ1n) is 10.1. The van der Waals surface area contributed by atoms with E-state index in [-0.39, 0.29) is 17.9 Å². The Kier molecular flexibility index (Phi) is 5.80. The number of aromatic nitrogens is 1. The number of ketones is 1. The van der Waals surface area contributed by atoms with Gasteiger partial charge in [0, 0.05) is 24.5 Å². The van der Waals surface area contributed by atoms with Crippen LogP contribution in [0.4, 0.5) is 0 Å². The summed E-state index contributed by atoms with van der Waals surface area (Å²) in [7, 11) is 0. The molecule has 1 aromatic heterocycles. The maximum atomic E-state index is 13.1. The van der Waals surface area contributed by atoms with Gasteiger partial charge in [0.15, 0.2) is 0 Å². The number of carbonyl (C=O) groups is 2. The van der Waals surface area contributed by atoms with Crippen LogP contribution in [0.2, 0.25) is 0 Å². The minimum absolute atomic E-state index is 0.0563. The maximum absolute atomic E-state index is 13.1. The molecular weight excluding hydrogens is 392 g/mol. The fourth-order valence-electron chi connectivity index (χ4n) is 3.77. The van der Waals surface area contributed by atoms with Crippen LogP contribution < -0.4 is 4.74 Å². The van der Waals surface area contributed by atoms with E-state index >= 15 is 0 Å². The average molecular weight is 414 g/mol. The lowest BCUT2D eigenvalue weighted by atomic mass is 9.95. The molecule has 0 spiro atoms. The SMILES string of the molecule is CCOc1cccc(C(O)=C2C(=O)C(=O)N(Cc3ccccc3)C2c2ccncc2)c1. The number of likely N-dealkylation sites (tertiary alicyclic amines) is 1. The van der Waals surface area contributed by atoms with Crippen LogP contribution in [0.5, 0.6) is 5.75 Å². The van der Waals surface area contributed by atoms with Gasteiger partial charge in [-0.05, 0) is 42.3 Å². The Labute approximate surface area is 180 Å². The third-order valence-electron chi connectivity index (χ3n) is 5.18. The zero-order valence-corrected chi connectivity index (χ0v) is 17.1. The number of rotatable bonds is 6. The predicted octanol–water partition coefficient (Wildman–Crippen LogP) is 4.10. The van der Waals surface area contributed by atoms with Crippen LogP contribution in [0.1, 0.15) is 29.7 Å². The van der Waals surface area contributed by atoms with E-state index in [9.17, 15) is 14.7 Å². The minimum atomic E-state index is -0.723. The highest BCUT2D eigenvalue weighted by Gasteiger charge is 2.46. The smallest absolute Gasteiger partial charge is 0.295 e. The van der Waals surface area contributed by atoms with Crippen LogP contribution in [0, 0.1) is 0 Å². The second-order valence-corrected chi connectivity index (χ2v) is 7.15. The number of nitrogens with zero attached hydrogens (tertiary/aromatic N) is 2. The molecule has 0 radical (unpaired) electrons. The number of benzene rings is 2. The van der Waals surface area contributed by atoms with Crippen LogP contribution in [-0.4, -0.2) is 33.3 Å². The van der Waals surface area contributed by atoms with Gasteiger partial charge in [-0.15, -0.1) is 0 Å². The monoisotopic (exact) mass is 414 g/mol. The first-order valence-corrected chi connectivity index (χ1v) is 10.1. The number of Topliss-reactive ketones (excluding diaryl/α,β-unsaturated/α-hetero) is 1. The topological polar surface area (TPSA) is 79.7 Å². The van der Waals surface area contributed by atoms with Gasteiger partial charge in [0.25, 0.3) is 11.7 Å². The van der Waals surface area contributed by atoms with Crippen LogP contribution in [0.3, 0.4) is 0 Å². The van der Waals surface area contributed by atoms with Crippen molar-refractivity contribution in [3.63, 3.8) is 0 Å². The van der Waals surface area contributed by atoms with Crippen LogP contribution in [-0.2, 0) is 16.1 Å². The summed E-state index contributed by atoms with van der Waals surface area (Å²) in [6.45, 7) is 2.59. The molecule has 156 valence electrons. The van der Waals surface area contributed by atoms with Crippen molar-refractivity contribution in [3.05, 3.63) is 101 Å². The summed E-state index contributed by atoms with van der Waals surface area (Å²) in [4.78, 5) is 31.6. The van der Waals surface area contributed by atoms with Crippen molar-refractivity contribution in [1.82, 2.24) is 9.88 Å². The molecule has 1 N–H and O–H groups in total. The Morgan fingerprint density at radius 2 is 1.77 bits per heavy atom. The maximum Gasteiger partial charge on any atom is 0.295 e. The van der Waals surface area contributed by atoms with E-state index in [0.717, 1.165) is 5.56 Å². The highest BCUT2D eigenvalue weighted by atomic mass is 16.5. The summed E-state index contributed by atoms with van der Waals surface area (Å²) < 4.78 is 5.51. The quantitative estimate of drug-likeness (QED) is 0.373. The molecule has 0 bridgehead atoms. The number of amides is 1.